The highest BCUT2D eigenvalue weighted by atomic mass is 16.1. The standard InChI is InChI=1S/C23H32N4O/c1-17(2)21(28)27-20-13-11-18(12-14-20)15-25-22(24-5)26-16-23(3,4)19-9-7-6-8-10-19/h6-14,17H,15-16H2,1-5H3,(H,27,28)(H2,24,25,26). The lowest BCUT2D eigenvalue weighted by Crippen LogP contribution is -2.43. The van der Waals surface area contributed by atoms with Crippen LogP contribution in [0.15, 0.2) is 59.6 Å². The molecule has 0 unspecified atom stereocenters. The van der Waals surface area contributed by atoms with Crippen molar-refractivity contribution < 1.29 is 4.79 Å². The highest BCUT2D eigenvalue weighted by Crippen LogP contribution is 2.21. The van der Waals surface area contributed by atoms with Gasteiger partial charge < -0.3 is 16.0 Å². The maximum atomic E-state index is 11.8. The van der Waals surface area contributed by atoms with Crippen LogP contribution in [0.25, 0.3) is 0 Å². The van der Waals surface area contributed by atoms with Gasteiger partial charge in [-0.3, -0.25) is 9.79 Å². The maximum Gasteiger partial charge on any atom is 0.226 e. The Kier molecular flexibility index (Phi) is 7.61. The molecule has 0 aliphatic heterocycles. The topological polar surface area (TPSA) is 65.5 Å². The van der Waals surface area contributed by atoms with Gasteiger partial charge in [0.2, 0.25) is 5.91 Å². The Bertz CT molecular complexity index is 780. The fourth-order valence-corrected chi connectivity index (χ4v) is 2.70. The van der Waals surface area contributed by atoms with E-state index in [1.165, 1.54) is 5.56 Å². The molecule has 0 radical (unpaired) electrons. The zero-order valence-corrected chi connectivity index (χ0v) is 17.5. The van der Waals surface area contributed by atoms with Gasteiger partial charge in [-0.2, -0.15) is 0 Å². The van der Waals surface area contributed by atoms with Crippen LogP contribution in [0.5, 0.6) is 0 Å². The van der Waals surface area contributed by atoms with E-state index in [0.29, 0.717) is 6.54 Å². The molecule has 0 fully saturated rings. The van der Waals surface area contributed by atoms with Crippen molar-refractivity contribution in [2.75, 3.05) is 18.9 Å². The molecule has 28 heavy (non-hydrogen) atoms. The third kappa shape index (κ3) is 6.41. The van der Waals surface area contributed by atoms with Crippen molar-refractivity contribution in [1.29, 1.82) is 0 Å². The number of carbonyl (C=O) groups excluding carboxylic acids is 1. The summed E-state index contributed by atoms with van der Waals surface area (Å²) in [4.78, 5) is 16.1. The number of rotatable bonds is 7. The first-order chi connectivity index (χ1) is 13.3. The third-order valence-electron chi connectivity index (χ3n) is 4.68. The van der Waals surface area contributed by atoms with Crippen LogP contribution in [0.4, 0.5) is 5.69 Å². The molecule has 3 N–H and O–H groups in total. The minimum atomic E-state index is -0.0316. The maximum absolute atomic E-state index is 11.8. The normalized spacial score (nSPS) is 12.0. The summed E-state index contributed by atoms with van der Waals surface area (Å²) < 4.78 is 0. The van der Waals surface area contributed by atoms with Crippen molar-refractivity contribution in [2.45, 2.75) is 39.7 Å². The van der Waals surface area contributed by atoms with Gasteiger partial charge in [0.1, 0.15) is 0 Å². The van der Waals surface area contributed by atoms with Crippen LogP contribution < -0.4 is 16.0 Å². The molecular formula is C23H32N4O. The summed E-state index contributed by atoms with van der Waals surface area (Å²) in [5.41, 5.74) is 3.22. The van der Waals surface area contributed by atoms with Crippen molar-refractivity contribution in [1.82, 2.24) is 10.6 Å². The van der Waals surface area contributed by atoms with Gasteiger partial charge in [0, 0.05) is 37.2 Å². The number of anilines is 1. The Balaban J connectivity index is 1.86. The molecule has 1 amide bonds. The smallest absolute Gasteiger partial charge is 0.226 e. The molecule has 0 saturated heterocycles. The quantitative estimate of drug-likeness (QED) is 0.504. The first-order valence-corrected chi connectivity index (χ1v) is 9.71. The molecular weight excluding hydrogens is 348 g/mol. The molecule has 0 aliphatic rings. The summed E-state index contributed by atoms with van der Waals surface area (Å²) in [7, 11) is 1.77. The average molecular weight is 381 g/mol. The summed E-state index contributed by atoms with van der Waals surface area (Å²) in [6, 6.07) is 18.3. The van der Waals surface area contributed by atoms with E-state index in [4.69, 9.17) is 0 Å². The zero-order valence-electron chi connectivity index (χ0n) is 17.5. The van der Waals surface area contributed by atoms with Crippen molar-refractivity contribution in [2.24, 2.45) is 10.9 Å². The predicted molar refractivity (Wildman–Crippen MR) is 118 cm³/mol. The third-order valence-corrected chi connectivity index (χ3v) is 4.68. The van der Waals surface area contributed by atoms with Gasteiger partial charge in [-0.1, -0.05) is 70.2 Å². The molecule has 0 aliphatic carbocycles. The zero-order chi connectivity index (χ0) is 20.6. The van der Waals surface area contributed by atoms with Gasteiger partial charge in [-0.05, 0) is 23.3 Å². The first kappa shape index (κ1) is 21.5. The Labute approximate surface area is 168 Å². The van der Waals surface area contributed by atoms with Crippen LogP contribution in [0.2, 0.25) is 0 Å². The molecule has 0 heterocycles. The number of nitrogens with one attached hydrogen (secondary N) is 3. The molecule has 0 atom stereocenters. The van der Waals surface area contributed by atoms with Crippen molar-refractivity contribution in [3.05, 3.63) is 65.7 Å². The number of aliphatic imine (C=N–C) groups is 1. The van der Waals surface area contributed by atoms with Gasteiger partial charge >= 0.3 is 0 Å². The second-order valence-electron chi connectivity index (χ2n) is 7.87. The Morgan fingerprint density at radius 1 is 1.00 bits per heavy atom. The molecule has 5 heteroatoms. The molecule has 0 saturated carbocycles. The van der Waals surface area contributed by atoms with Crippen LogP contribution in [0.1, 0.15) is 38.8 Å². The number of carbonyl (C=O) groups is 1. The Hall–Kier alpha value is -2.82. The van der Waals surface area contributed by atoms with Crippen LogP contribution >= 0.6 is 0 Å². The molecule has 0 spiro atoms. The highest BCUT2D eigenvalue weighted by molar-refractivity contribution is 5.92. The molecule has 2 rings (SSSR count). The lowest BCUT2D eigenvalue weighted by molar-refractivity contribution is -0.118. The van der Waals surface area contributed by atoms with E-state index in [2.05, 4.69) is 59.1 Å². The van der Waals surface area contributed by atoms with E-state index in [0.717, 1.165) is 23.8 Å². The summed E-state index contributed by atoms with van der Waals surface area (Å²) in [5.74, 6) is 0.758. The predicted octanol–water partition coefficient (Wildman–Crippen LogP) is 3.92. The summed E-state index contributed by atoms with van der Waals surface area (Å²) >= 11 is 0. The fourth-order valence-electron chi connectivity index (χ4n) is 2.70. The molecule has 150 valence electrons. The second kappa shape index (κ2) is 9.93. The van der Waals surface area contributed by atoms with Gasteiger partial charge in [0.25, 0.3) is 0 Å². The second-order valence-corrected chi connectivity index (χ2v) is 7.87. The van der Waals surface area contributed by atoms with Crippen LogP contribution in [0, 0.1) is 5.92 Å². The average Bonchev–Trinajstić information content (AvgIpc) is 2.69. The van der Waals surface area contributed by atoms with E-state index >= 15 is 0 Å². The van der Waals surface area contributed by atoms with Crippen LogP contribution in [-0.2, 0) is 16.8 Å². The van der Waals surface area contributed by atoms with E-state index < -0.39 is 0 Å². The number of hydrogen-bond donors (Lipinski definition) is 3. The van der Waals surface area contributed by atoms with Gasteiger partial charge in [0.05, 0.1) is 0 Å². The molecule has 2 aromatic carbocycles. The van der Waals surface area contributed by atoms with Gasteiger partial charge in [0.15, 0.2) is 5.96 Å². The van der Waals surface area contributed by atoms with Crippen molar-refractivity contribution >= 4 is 17.6 Å². The minimum Gasteiger partial charge on any atom is -0.356 e. The fraction of sp³-hybridized carbons (Fsp3) is 0.391. The van der Waals surface area contributed by atoms with Crippen molar-refractivity contribution in [3.63, 3.8) is 0 Å². The molecule has 2 aromatic rings. The minimum absolute atomic E-state index is 0.00481. The summed E-state index contributed by atoms with van der Waals surface area (Å²) in [5, 5.41) is 9.65. The van der Waals surface area contributed by atoms with E-state index in [-0.39, 0.29) is 17.2 Å². The summed E-state index contributed by atoms with van der Waals surface area (Å²) in [6.45, 7) is 9.62. The number of amides is 1. The number of benzene rings is 2. The monoisotopic (exact) mass is 380 g/mol. The first-order valence-electron chi connectivity index (χ1n) is 9.71. The highest BCUT2D eigenvalue weighted by Gasteiger charge is 2.20. The number of nitrogens with zero attached hydrogens (tertiary/aromatic N) is 1. The van der Waals surface area contributed by atoms with Crippen LogP contribution in [0.3, 0.4) is 0 Å². The van der Waals surface area contributed by atoms with E-state index in [1.54, 1.807) is 7.05 Å². The largest absolute Gasteiger partial charge is 0.356 e. The molecule has 0 aromatic heterocycles. The van der Waals surface area contributed by atoms with Crippen molar-refractivity contribution in [3.8, 4) is 0 Å². The lowest BCUT2D eigenvalue weighted by atomic mass is 9.85. The molecule has 5 nitrogen and oxygen atoms in total. The SMILES string of the molecule is CN=C(NCc1ccc(NC(=O)C(C)C)cc1)NCC(C)(C)c1ccccc1. The van der Waals surface area contributed by atoms with Gasteiger partial charge in [-0.15, -0.1) is 0 Å². The number of hydrogen-bond acceptors (Lipinski definition) is 2. The van der Waals surface area contributed by atoms with E-state index in [1.807, 2.05) is 44.2 Å². The number of guanidine groups is 1. The summed E-state index contributed by atoms with van der Waals surface area (Å²) in [6.07, 6.45) is 0. The Morgan fingerprint density at radius 3 is 2.21 bits per heavy atom. The van der Waals surface area contributed by atoms with E-state index in [9.17, 15) is 4.79 Å². The molecule has 0 bridgehead atoms. The van der Waals surface area contributed by atoms with Gasteiger partial charge in [-0.25, -0.2) is 0 Å². The Morgan fingerprint density at radius 2 is 1.64 bits per heavy atom. The van der Waals surface area contributed by atoms with Crippen LogP contribution in [-0.4, -0.2) is 25.5 Å². The lowest BCUT2D eigenvalue weighted by Gasteiger charge is -2.26.